The maximum absolute atomic E-state index is 10.3. The molecule has 0 aromatic rings. The van der Waals surface area contributed by atoms with Crippen LogP contribution in [0.4, 0.5) is 0 Å². The van der Waals surface area contributed by atoms with Crippen molar-refractivity contribution in [3.05, 3.63) is 58.7 Å². The molecule has 23 heavy (non-hydrogen) atoms. The third-order valence-electron chi connectivity index (χ3n) is 4.52. The Balaban J connectivity index is 2.69. The molecule has 1 nitrogen and oxygen atoms in total. The molecule has 0 radical (unpaired) electrons. The lowest BCUT2D eigenvalue weighted by Gasteiger charge is -2.32. The molecule has 0 amide bonds. The highest BCUT2D eigenvalue weighted by Crippen LogP contribution is 2.40. The van der Waals surface area contributed by atoms with Gasteiger partial charge >= 0.3 is 0 Å². The molecule has 0 spiro atoms. The summed E-state index contributed by atoms with van der Waals surface area (Å²) >= 11 is 0. The van der Waals surface area contributed by atoms with E-state index in [0.29, 0.717) is 11.8 Å². The van der Waals surface area contributed by atoms with Crippen LogP contribution in [0.3, 0.4) is 0 Å². The maximum Gasteiger partial charge on any atom is 0.120 e. The Morgan fingerprint density at radius 1 is 1.13 bits per heavy atom. The number of unbranched alkanes of at least 4 members (excludes halogenated alkanes) is 1. The summed E-state index contributed by atoms with van der Waals surface area (Å²) in [6.45, 7) is 11.2. The van der Waals surface area contributed by atoms with E-state index in [1.54, 1.807) is 0 Å². The van der Waals surface area contributed by atoms with E-state index in [1.165, 1.54) is 41.6 Å². The molecule has 1 heteroatoms. The Morgan fingerprint density at radius 2 is 1.87 bits per heavy atom. The smallest absolute Gasteiger partial charge is 0.120 e. The van der Waals surface area contributed by atoms with Crippen LogP contribution < -0.4 is 0 Å². The summed E-state index contributed by atoms with van der Waals surface area (Å²) in [6, 6.07) is 0. The van der Waals surface area contributed by atoms with Crippen molar-refractivity contribution in [1.82, 2.24) is 0 Å². The average Bonchev–Trinajstić information content (AvgIpc) is 2.46. The van der Waals surface area contributed by atoms with E-state index in [1.807, 2.05) is 0 Å². The highest BCUT2D eigenvalue weighted by atomic mass is 16.1. The van der Waals surface area contributed by atoms with E-state index >= 15 is 0 Å². The summed E-state index contributed by atoms with van der Waals surface area (Å²) in [5.74, 6) is 0. The Labute approximate surface area is 142 Å². The van der Waals surface area contributed by atoms with Crippen LogP contribution in [0.2, 0.25) is 0 Å². The van der Waals surface area contributed by atoms with Crippen molar-refractivity contribution >= 4 is 6.29 Å². The number of aldehydes is 1. The van der Waals surface area contributed by atoms with Gasteiger partial charge in [-0.2, -0.15) is 0 Å². The van der Waals surface area contributed by atoms with Gasteiger partial charge in [-0.3, -0.25) is 0 Å². The van der Waals surface area contributed by atoms with Crippen LogP contribution in [0.1, 0.15) is 66.7 Å². The van der Waals surface area contributed by atoms with E-state index in [9.17, 15) is 4.79 Å². The summed E-state index contributed by atoms with van der Waals surface area (Å²) < 4.78 is 0. The van der Waals surface area contributed by atoms with Gasteiger partial charge in [-0.05, 0) is 57.4 Å². The molecular weight excluding hydrogens is 280 g/mol. The van der Waals surface area contributed by atoms with Crippen molar-refractivity contribution < 1.29 is 4.79 Å². The minimum absolute atomic E-state index is 0.298. The number of hydrogen-bond acceptors (Lipinski definition) is 1. The minimum Gasteiger partial charge on any atom is -0.303 e. The molecule has 0 aliphatic heterocycles. The van der Waals surface area contributed by atoms with Crippen molar-refractivity contribution in [2.45, 2.75) is 66.7 Å². The van der Waals surface area contributed by atoms with Crippen LogP contribution in [0.5, 0.6) is 0 Å². The molecule has 0 heterocycles. The van der Waals surface area contributed by atoms with Crippen LogP contribution >= 0.6 is 0 Å². The summed E-state index contributed by atoms with van der Waals surface area (Å²) in [6.07, 6.45) is 19.2. The molecule has 1 aliphatic carbocycles. The summed E-state index contributed by atoms with van der Waals surface area (Å²) in [5.41, 5.74) is 5.79. The fourth-order valence-electron chi connectivity index (χ4n) is 3.08. The fraction of sp³-hybridized carbons (Fsp3) is 0.500. The molecule has 0 saturated heterocycles. The van der Waals surface area contributed by atoms with Gasteiger partial charge in [0.1, 0.15) is 6.29 Å². The molecule has 0 bridgehead atoms. The zero-order chi connectivity index (χ0) is 17.3. The molecule has 0 aromatic carbocycles. The second-order valence-corrected chi connectivity index (χ2v) is 7.23. The first-order valence-corrected chi connectivity index (χ1v) is 8.70. The quantitative estimate of drug-likeness (QED) is 0.298. The van der Waals surface area contributed by atoms with Crippen LogP contribution in [-0.4, -0.2) is 6.29 Å². The zero-order valence-electron chi connectivity index (χ0n) is 15.5. The Morgan fingerprint density at radius 3 is 2.52 bits per heavy atom. The summed E-state index contributed by atoms with van der Waals surface area (Å²) in [5, 5.41) is 0. The number of carbonyl (C=O) groups is 1. The Kier molecular flexibility index (Phi) is 8.02. The third kappa shape index (κ3) is 6.99. The molecule has 1 aliphatic rings. The number of rotatable bonds is 7. The van der Waals surface area contributed by atoms with Gasteiger partial charge in [-0.1, -0.05) is 67.0 Å². The van der Waals surface area contributed by atoms with Crippen molar-refractivity contribution in [2.75, 3.05) is 0 Å². The van der Waals surface area contributed by atoms with Crippen LogP contribution in [0.15, 0.2) is 58.7 Å². The highest BCUT2D eigenvalue weighted by molar-refractivity contribution is 5.49. The molecule has 0 saturated carbocycles. The topological polar surface area (TPSA) is 17.1 Å². The normalized spacial score (nSPS) is 19.9. The van der Waals surface area contributed by atoms with Crippen molar-refractivity contribution in [1.29, 1.82) is 0 Å². The van der Waals surface area contributed by atoms with Crippen LogP contribution in [0, 0.1) is 5.41 Å². The molecule has 0 N–H and O–H groups in total. The number of carbonyl (C=O) groups excluding carboxylic acids is 1. The monoisotopic (exact) mass is 312 g/mol. The molecular formula is C22H32O. The number of hydrogen-bond donors (Lipinski definition) is 0. The average molecular weight is 312 g/mol. The number of allylic oxidation sites excluding steroid dienone is 10. The SMILES string of the molecule is CC(C=CC1=C(C)CCCC1(C)C)=CC=CC(C)=CCCC=O. The molecule has 0 atom stereocenters. The third-order valence-corrected chi connectivity index (χ3v) is 4.52. The molecule has 0 fully saturated rings. The lowest BCUT2D eigenvalue weighted by Crippen LogP contribution is -2.19. The second-order valence-electron chi connectivity index (χ2n) is 7.23. The predicted octanol–water partition coefficient (Wildman–Crippen LogP) is 6.50. The standard InChI is InChI=1S/C22H32O/c1-18(10-6-7-17-23)11-8-12-19(2)14-15-21-20(3)13-9-16-22(21,4)5/h8,10-12,14-15,17H,6-7,9,13,16H2,1-5H3. The first-order valence-electron chi connectivity index (χ1n) is 8.70. The fourth-order valence-corrected chi connectivity index (χ4v) is 3.08. The zero-order valence-corrected chi connectivity index (χ0v) is 15.5. The van der Waals surface area contributed by atoms with Crippen LogP contribution in [0.25, 0.3) is 0 Å². The Hall–Kier alpha value is -1.63. The molecule has 0 unspecified atom stereocenters. The van der Waals surface area contributed by atoms with Gasteiger partial charge in [0.15, 0.2) is 0 Å². The van der Waals surface area contributed by atoms with E-state index in [-0.39, 0.29) is 0 Å². The second kappa shape index (κ2) is 9.50. The van der Waals surface area contributed by atoms with Gasteiger partial charge in [-0.25, -0.2) is 0 Å². The van der Waals surface area contributed by atoms with Gasteiger partial charge in [0.2, 0.25) is 0 Å². The van der Waals surface area contributed by atoms with Gasteiger partial charge in [-0.15, -0.1) is 0 Å². The Bertz CT molecular complexity index is 551. The van der Waals surface area contributed by atoms with Crippen molar-refractivity contribution in [3.8, 4) is 0 Å². The first kappa shape index (κ1) is 19.4. The van der Waals surface area contributed by atoms with E-state index in [2.05, 4.69) is 71.1 Å². The van der Waals surface area contributed by atoms with Crippen molar-refractivity contribution in [2.24, 2.45) is 5.41 Å². The van der Waals surface area contributed by atoms with Crippen molar-refractivity contribution in [3.63, 3.8) is 0 Å². The lowest BCUT2D eigenvalue weighted by atomic mass is 9.72. The molecule has 1 rings (SSSR count). The van der Waals surface area contributed by atoms with Gasteiger partial charge in [0.05, 0.1) is 0 Å². The van der Waals surface area contributed by atoms with Crippen LogP contribution in [-0.2, 0) is 4.79 Å². The van der Waals surface area contributed by atoms with E-state index < -0.39 is 0 Å². The summed E-state index contributed by atoms with van der Waals surface area (Å²) in [4.78, 5) is 10.3. The molecule has 126 valence electrons. The predicted molar refractivity (Wildman–Crippen MR) is 101 cm³/mol. The van der Waals surface area contributed by atoms with Gasteiger partial charge in [0, 0.05) is 6.42 Å². The lowest BCUT2D eigenvalue weighted by molar-refractivity contribution is -0.107. The van der Waals surface area contributed by atoms with E-state index in [0.717, 1.165) is 12.7 Å². The minimum atomic E-state index is 0.298. The summed E-state index contributed by atoms with van der Waals surface area (Å²) in [7, 11) is 0. The highest BCUT2D eigenvalue weighted by Gasteiger charge is 2.26. The van der Waals surface area contributed by atoms with E-state index in [4.69, 9.17) is 0 Å². The first-order chi connectivity index (χ1) is 10.9. The van der Waals surface area contributed by atoms with Gasteiger partial charge in [0.25, 0.3) is 0 Å². The largest absolute Gasteiger partial charge is 0.303 e. The maximum atomic E-state index is 10.3. The molecule has 0 aromatic heterocycles. The van der Waals surface area contributed by atoms with Gasteiger partial charge < -0.3 is 4.79 Å².